The number of aryl methyl sites for hydroxylation is 1. The molecule has 0 radical (unpaired) electrons. The number of nitrogens with zero attached hydrogens (tertiary/aromatic N) is 2. The van der Waals surface area contributed by atoms with Gasteiger partial charge < -0.3 is 13.9 Å². The SMILES string of the molecule is COc1ccc(C2C(C(=O)OC(C)C)=C(C)N=c3s/c(=C\c4ccc(-c5ccc(C)cc5Br)o4)c(=O)n32)cc1. The van der Waals surface area contributed by atoms with E-state index in [4.69, 9.17) is 13.9 Å². The molecule has 2 aromatic carbocycles. The van der Waals surface area contributed by atoms with E-state index in [1.807, 2.05) is 49.4 Å². The van der Waals surface area contributed by atoms with E-state index in [0.29, 0.717) is 37.9 Å². The average Bonchev–Trinajstić information content (AvgIpc) is 3.47. The number of carbonyl (C=O) groups excluding carboxylic acids is 1. The van der Waals surface area contributed by atoms with Crippen LogP contribution in [0.3, 0.4) is 0 Å². The van der Waals surface area contributed by atoms with Gasteiger partial charge in [-0.3, -0.25) is 9.36 Å². The predicted molar refractivity (Wildman–Crippen MR) is 155 cm³/mol. The zero-order valence-electron chi connectivity index (χ0n) is 22.2. The van der Waals surface area contributed by atoms with Gasteiger partial charge in [0.05, 0.1) is 35.1 Å². The molecular weight excluding hydrogens is 580 g/mol. The maximum absolute atomic E-state index is 13.8. The van der Waals surface area contributed by atoms with Crippen LogP contribution in [0.2, 0.25) is 0 Å². The number of rotatable bonds is 6. The zero-order chi connectivity index (χ0) is 27.8. The van der Waals surface area contributed by atoms with Gasteiger partial charge in [-0.05, 0) is 75.2 Å². The zero-order valence-corrected chi connectivity index (χ0v) is 24.6. The molecule has 9 heteroatoms. The molecule has 0 fully saturated rings. The summed E-state index contributed by atoms with van der Waals surface area (Å²) in [5, 5.41) is 0. The molecule has 2 aromatic heterocycles. The summed E-state index contributed by atoms with van der Waals surface area (Å²) < 4.78 is 19.9. The van der Waals surface area contributed by atoms with Crippen molar-refractivity contribution in [2.75, 3.05) is 7.11 Å². The van der Waals surface area contributed by atoms with Gasteiger partial charge in [0.2, 0.25) is 0 Å². The largest absolute Gasteiger partial charge is 0.497 e. The molecule has 4 aromatic rings. The Kier molecular flexibility index (Phi) is 7.46. The molecule has 0 bridgehead atoms. The van der Waals surface area contributed by atoms with Gasteiger partial charge in [-0.25, -0.2) is 9.79 Å². The van der Waals surface area contributed by atoms with E-state index < -0.39 is 12.0 Å². The normalized spacial score (nSPS) is 15.4. The number of halogens is 1. The highest BCUT2D eigenvalue weighted by molar-refractivity contribution is 9.10. The molecule has 0 spiro atoms. The molecule has 5 rings (SSSR count). The number of aromatic nitrogens is 1. The number of ether oxygens (including phenoxy) is 2. The number of fused-ring (bicyclic) bond motifs is 1. The van der Waals surface area contributed by atoms with Gasteiger partial charge in [0.1, 0.15) is 17.3 Å². The highest BCUT2D eigenvalue weighted by Crippen LogP contribution is 2.33. The smallest absolute Gasteiger partial charge is 0.338 e. The minimum absolute atomic E-state index is 0.267. The summed E-state index contributed by atoms with van der Waals surface area (Å²) in [4.78, 5) is 32.2. The van der Waals surface area contributed by atoms with Gasteiger partial charge in [-0.2, -0.15) is 0 Å². The Morgan fingerprint density at radius 3 is 2.54 bits per heavy atom. The molecule has 7 nitrogen and oxygen atoms in total. The molecule has 39 heavy (non-hydrogen) atoms. The van der Waals surface area contributed by atoms with E-state index in [1.165, 1.54) is 11.3 Å². The highest BCUT2D eigenvalue weighted by Gasteiger charge is 2.33. The Morgan fingerprint density at radius 2 is 1.87 bits per heavy atom. The number of thiazole rings is 1. The van der Waals surface area contributed by atoms with Crippen LogP contribution >= 0.6 is 27.3 Å². The number of methoxy groups -OCH3 is 1. The van der Waals surface area contributed by atoms with Gasteiger partial charge in [0, 0.05) is 16.1 Å². The number of hydrogen-bond acceptors (Lipinski definition) is 7. The summed E-state index contributed by atoms with van der Waals surface area (Å²) in [6.45, 7) is 7.37. The average molecular weight is 608 g/mol. The summed E-state index contributed by atoms with van der Waals surface area (Å²) in [5.74, 6) is 1.40. The summed E-state index contributed by atoms with van der Waals surface area (Å²) >= 11 is 4.85. The number of carbonyl (C=O) groups is 1. The van der Waals surface area contributed by atoms with Crippen LogP contribution in [0.4, 0.5) is 0 Å². The monoisotopic (exact) mass is 606 g/mol. The topological polar surface area (TPSA) is 83.0 Å². The van der Waals surface area contributed by atoms with Crippen molar-refractivity contribution in [2.45, 2.75) is 39.8 Å². The minimum Gasteiger partial charge on any atom is -0.497 e. The summed E-state index contributed by atoms with van der Waals surface area (Å²) in [5.41, 5.74) is 3.38. The van der Waals surface area contributed by atoms with Crippen molar-refractivity contribution in [3.8, 4) is 17.1 Å². The fourth-order valence-corrected chi connectivity index (χ4v) is 6.20. The number of hydrogen-bond donors (Lipinski definition) is 0. The second-order valence-electron chi connectivity index (χ2n) is 9.49. The molecule has 0 saturated carbocycles. The van der Waals surface area contributed by atoms with Crippen LogP contribution in [0.5, 0.6) is 5.75 Å². The van der Waals surface area contributed by atoms with E-state index in [1.54, 1.807) is 50.7 Å². The minimum atomic E-state index is -0.698. The molecule has 0 saturated heterocycles. The van der Waals surface area contributed by atoms with Gasteiger partial charge in [-0.1, -0.05) is 45.5 Å². The Labute approximate surface area is 237 Å². The van der Waals surface area contributed by atoms with Crippen molar-refractivity contribution in [3.63, 3.8) is 0 Å². The highest BCUT2D eigenvalue weighted by atomic mass is 79.9. The molecule has 0 aliphatic carbocycles. The lowest BCUT2D eigenvalue weighted by molar-refractivity contribution is -0.143. The molecule has 1 unspecified atom stereocenters. The summed E-state index contributed by atoms with van der Waals surface area (Å²) in [6.07, 6.45) is 1.40. The number of furan rings is 1. The molecule has 0 N–H and O–H groups in total. The fourth-order valence-electron chi connectivity index (χ4n) is 4.49. The Balaban J connectivity index is 1.63. The maximum Gasteiger partial charge on any atom is 0.338 e. The molecule has 200 valence electrons. The van der Waals surface area contributed by atoms with Gasteiger partial charge in [0.15, 0.2) is 4.80 Å². The lowest BCUT2D eigenvalue weighted by atomic mass is 9.96. The van der Waals surface area contributed by atoms with Crippen LogP contribution in [-0.2, 0) is 9.53 Å². The first kappa shape index (κ1) is 26.9. The second-order valence-corrected chi connectivity index (χ2v) is 11.4. The molecule has 0 amide bonds. The van der Waals surface area contributed by atoms with E-state index >= 15 is 0 Å². The lowest BCUT2D eigenvalue weighted by Crippen LogP contribution is -2.40. The van der Waals surface area contributed by atoms with Crippen LogP contribution < -0.4 is 19.6 Å². The summed E-state index contributed by atoms with van der Waals surface area (Å²) in [6, 6.07) is 16.4. The van der Waals surface area contributed by atoms with Crippen molar-refractivity contribution >= 4 is 39.3 Å². The first-order valence-electron chi connectivity index (χ1n) is 12.4. The second kappa shape index (κ2) is 10.8. The van der Waals surface area contributed by atoms with Crippen LogP contribution in [0.1, 0.15) is 43.7 Å². The van der Waals surface area contributed by atoms with E-state index in [9.17, 15) is 9.59 Å². The fraction of sp³-hybridized carbons (Fsp3) is 0.233. The van der Waals surface area contributed by atoms with Crippen molar-refractivity contribution < 1.29 is 18.7 Å². The maximum atomic E-state index is 13.8. The third kappa shape index (κ3) is 5.29. The molecular formula is C30H27BrN2O5S. The first-order chi connectivity index (χ1) is 18.7. The number of esters is 1. The van der Waals surface area contributed by atoms with Gasteiger partial charge in [0.25, 0.3) is 5.56 Å². The van der Waals surface area contributed by atoms with Gasteiger partial charge in [-0.15, -0.1) is 0 Å². The lowest BCUT2D eigenvalue weighted by Gasteiger charge is -2.25. The number of benzene rings is 2. The first-order valence-corrected chi connectivity index (χ1v) is 14.0. The third-order valence-electron chi connectivity index (χ3n) is 6.31. The quantitative estimate of drug-likeness (QED) is 0.270. The molecule has 1 atom stereocenters. The third-order valence-corrected chi connectivity index (χ3v) is 7.95. The van der Waals surface area contributed by atoms with Crippen LogP contribution in [0.15, 0.2) is 84.5 Å². The van der Waals surface area contributed by atoms with Gasteiger partial charge >= 0.3 is 5.97 Å². The molecule has 1 aliphatic rings. The van der Waals surface area contributed by atoms with E-state index in [-0.39, 0.29) is 11.7 Å². The van der Waals surface area contributed by atoms with Crippen molar-refractivity contribution in [3.05, 3.63) is 107 Å². The predicted octanol–water partition coefficient (Wildman–Crippen LogP) is 5.53. The standard InChI is InChI=1S/C30H27BrN2O5S/c1-16(2)37-29(35)26-18(4)32-30-33(27(26)19-7-9-20(36-5)10-8-19)28(34)25(39-30)15-21-11-13-24(38-21)22-12-6-17(3)14-23(22)31/h6-16,27H,1-5H3/b25-15-. The Bertz CT molecular complexity index is 1780. The van der Waals surface area contributed by atoms with E-state index in [2.05, 4.69) is 20.9 Å². The summed E-state index contributed by atoms with van der Waals surface area (Å²) in [7, 11) is 1.59. The van der Waals surface area contributed by atoms with Crippen LogP contribution in [0, 0.1) is 6.92 Å². The Hall–Kier alpha value is -3.69. The van der Waals surface area contributed by atoms with E-state index in [0.717, 1.165) is 21.2 Å². The van der Waals surface area contributed by atoms with Crippen molar-refractivity contribution in [1.82, 2.24) is 4.57 Å². The molecule has 3 heterocycles. The van der Waals surface area contributed by atoms with Crippen molar-refractivity contribution in [1.29, 1.82) is 0 Å². The molecule has 1 aliphatic heterocycles. The van der Waals surface area contributed by atoms with Crippen LogP contribution in [-0.4, -0.2) is 23.8 Å². The number of allylic oxidation sites excluding steroid dienone is 1. The van der Waals surface area contributed by atoms with Crippen molar-refractivity contribution in [2.24, 2.45) is 4.99 Å². The van der Waals surface area contributed by atoms with Crippen LogP contribution in [0.25, 0.3) is 17.4 Å². The Morgan fingerprint density at radius 1 is 1.13 bits per heavy atom.